The van der Waals surface area contributed by atoms with Gasteiger partial charge in [0.2, 0.25) is 0 Å². The van der Waals surface area contributed by atoms with E-state index in [0.29, 0.717) is 19.9 Å². The molecule has 0 aliphatic heterocycles. The van der Waals surface area contributed by atoms with Gasteiger partial charge in [-0.2, -0.15) is 0 Å². The van der Waals surface area contributed by atoms with Gasteiger partial charge in [-0.25, -0.2) is 9.97 Å². The van der Waals surface area contributed by atoms with E-state index in [2.05, 4.69) is 38.9 Å². The number of nitrogens with zero attached hydrogens (tertiary/aromatic N) is 4. The molecule has 0 saturated carbocycles. The fourth-order valence-electron chi connectivity index (χ4n) is 2.29. The Morgan fingerprint density at radius 1 is 1.29 bits per heavy atom. The van der Waals surface area contributed by atoms with Gasteiger partial charge in [-0.1, -0.05) is 20.3 Å². The number of aliphatic imine (C=N–C) groups is 2. The summed E-state index contributed by atoms with van der Waals surface area (Å²) in [5.74, 6) is 0.825. The van der Waals surface area contributed by atoms with Crippen LogP contribution in [0.4, 0.5) is 0 Å². The minimum absolute atomic E-state index is 0.535. The lowest BCUT2D eigenvalue weighted by atomic mass is 10.0. The van der Waals surface area contributed by atoms with Crippen LogP contribution < -0.4 is 5.32 Å². The van der Waals surface area contributed by atoms with Crippen LogP contribution in [-0.2, 0) is 11.2 Å². The maximum absolute atomic E-state index is 5.38. The molecule has 1 aromatic heterocycles. The van der Waals surface area contributed by atoms with E-state index in [0.717, 1.165) is 47.6 Å². The molecule has 132 valence electrons. The number of hydrogen-bond acceptors (Lipinski definition) is 6. The number of rotatable bonds is 11. The first-order chi connectivity index (χ1) is 11.7. The van der Waals surface area contributed by atoms with Gasteiger partial charge in [0.25, 0.3) is 0 Å². The lowest BCUT2D eigenvalue weighted by molar-refractivity contribution is 0.129. The highest BCUT2D eigenvalue weighted by Crippen LogP contribution is 2.23. The first-order valence-electron chi connectivity index (χ1n) is 8.42. The largest absolute Gasteiger partial charge is 0.364 e. The Kier molecular flexibility index (Phi) is 9.72. The zero-order valence-corrected chi connectivity index (χ0v) is 15.3. The van der Waals surface area contributed by atoms with Gasteiger partial charge in [0, 0.05) is 30.1 Å². The highest BCUT2D eigenvalue weighted by Gasteiger charge is 2.11. The Labute approximate surface area is 145 Å². The molecule has 0 atom stereocenters. The normalized spacial score (nSPS) is 12.9. The number of ether oxygens (including phenoxy) is 1. The quantitative estimate of drug-likeness (QED) is 0.384. The van der Waals surface area contributed by atoms with E-state index < -0.39 is 0 Å². The van der Waals surface area contributed by atoms with Gasteiger partial charge in [-0.3, -0.25) is 15.3 Å². The van der Waals surface area contributed by atoms with Crippen molar-refractivity contribution in [2.45, 2.75) is 40.0 Å². The van der Waals surface area contributed by atoms with Crippen molar-refractivity contribution in [3.05, 3.63) is 29.4 Å². The topological polar surface area (TPSA) is 71.8 Å². The summed E-state index contributed by atoms with van der Waals surface area (Å²) in [6, 6.07) is 0. The van der Waals surface area contributed by atoms with Gasteiger partial charge in [0.05, 0.1) is 25.6 Å². The standard InChI is InChI=1S/C18H29N5O/c1-6-8-16(14(3)21-9-10-24-13-19-4)18(20-5)15-11-22-17(7-2)23-12-15/h11-12,19H,5-10,13H2,1-4H3/b18-16-,21-14?. The molecular formula is C18H29N5O. The fraction of sp³-hybridized carbons (Fsp3) is 0.556. The van der Waals surface area contributed by atoms with Crippen molar-refractivity contribution >= 4 is 18.1 Å². The maximum atomic E-state index is 5.38. The third-order valence-corrected chi connectivity index (χ3v) is 3.51. The van der Waals surface area contributed by atoms with E-state index in [1.807, 2.05) is 33.3 Å². The number of hydrogen-bond donors (Lipinski definition) is 1. The van der Waals surface area contributed by atoms with Gasteiger partial charge in [-0.15, -0.1) is 0 Å². The Bertz CT molecular complexity index is 563. The second kappa shape index (κ2) is 11.6. The van der Waals surface area contributed by atoms with E-state index in [1.54, 1.807) is 0 Å². The van der Waals surface area contributed by atoms with Crippen LogP contribution in [0.25, 0.3) is 5.70 Å². The smallest absolute Gasteiger partial charge is 0.127 e. The molecule has 0 bridgehead atoms. The van der Waals surface area contributed by atoms with Crippen molar-refractivity contribution in [3.8, 4) is 0 Å². The highest BCUT2D eigenvalue weighted by atomic mass is 16.5. The monoisotopic (exact) mass is 331 g/mol. The molecule has 1 heterocycles. The summed E-state index contributed by atoms with van der Waals surface area (Å²) in [4.78, 5) is 17.6. The van der Waals surface area contributed by atoms with E-state index in [-0.39, 0.29) is 0 Å². The molecule has 1 N–H and O–H groups in total. The summed E-state index contributed by atoms with van der Waals surface area (Å²) in [7, 11) is 1.85. The summed E-state index contributed by atoms with van der Waals surface area (Å²) in [5.41, 5.74) is 3.75. The number of allylic oxidation sites excluding steroid dienone is 1. The van der Waals surface area contributed by atoms with Crippen molar-refractivity contribution < 1.29 is 4.74 Å². The predicted molar refractivity (Wildman–Crippen MR) is 101 cm³/mol. The molecule has 0 aromatic carbocycles. The maximum Gasteiger partial charge on any atom is 0.127 e. The molecule has 0 saturated heterocycles. The third kappa shape index (κ3) is 6.29. The minimum atomic E-state index is 0.535. The molecule has 1 rings (SSSR count). The number of aryl methyl sites for hydroxylation is 1. The molecule has 0 spiro atoms. The summed E-state index contributed by atoms with van der Waals surface area (Å²) in [6.45, 7) is 11.7. The zero-order valence-electron chi connectivity index (χ0n) is 15.3. The average molecular weight is 331 g/mol. The fourth-order valence-corrected chi connectivity index (χ4v) is 2.29. The lowest BCUT2D eigenvalue weighted by Crippen LogP contribution is -2.13. The second-order valence-electron chi connectivity index (χ2n) is 5.35. The minimum Gasteiger partial charge on any atom is -0.364 e. The molecule has 0 aliphatic carbocycles. The number of nitrogens with one attached hydrogen (secondary N) is 1. The first-order valence-corrected chi connectivity index (χ1v) is 8.42. The van der Waals surface area contributed by atoms with Gasteiger partial charge in [-0.05, 0) is 32.7 Å². The molecule has 0 fully saturated rings. The average Bonchev–Trinajstić information content (AvgIpc) is 2.61. The third-order valence-electron chi connectivity index (χ3n) is 3.51. The van der Waals surface area contributed by atoms with Crippen molar-refractivity contribution in [1.82, 2.24) is 15.3 Å². The van der Waals surface area contributed by atoms with Crippen molar-refractivity contribution in [2.24, 2.45) is 9.98 Å². The Morgan fingerprint density at radius 2 is 2.00 bits per heavy atom. The van der Waals surface area contributed by atoms with Crippen LogP contribution in [0.1, 0.15) is 45.0 Å². The van der Waals surface area contributed by atoms with Gasteiger partial charge in [0.1, 0.15) is 5.82 Å². The molecule has 24 heavy (non-hydrogen) atoms. The summed E-state index contributed by atoms with van der Waals surface area (Å²) >= 11 is 0. The van der Waals surface area contributed by atoms with Crippen LogP contribution >= 0.6 is 0 Å². The van der Waals surface area contributed by atoms with Crippen molar-refractivity contribution in [2.75, 3.05) is 26.9 Å². The molecule has 0 unspecified atom stereocenters. The Morgan fingerprint density at radius 3 is 2.54 bits per heavy atom. The SMILES string of the molecule is C=N/C(=C(/CCC)C(C)=NCCOCNC)c1cnc(CC)nc1. The zero-order chi connectivity index (χ0) is 17.8. The molecule has 6 nitrogen and oxygen atoms in total. The lowest BCUT2D eigenvalue weighted by Gasteiger charge is -2.12. The summed E-state index contributed by atoms with van der Waals surface area (Å²) < 4.78 is 5.38. The molecule has 0 aliphatic rings. The van der Waals surface area contributed by atoms with Crippen LogP contribution in [0, 0.1) is 0 Å². The van der Waals surface area contributed by atoms with Gasteiger partial charge < -0.3 is 4.74 Å². The number of aromatic nitrogens is 2. The molecule has 1 aromatic rings. The van der Waals surface area contributed by atoms with Crippen LogP contribution in [0.3, 0.4) is 0 Å². The Balaban J connectivity index is 3.03. The molecule has 0 radical (unpaired) electrons. The van der Waals surface area contributed by atoms with E-state index in [1.165, 1.54) is 0 Å². The predicted octanol–water partition coefficient (Wildman–Crippen LogP) is 2.91. The second-order valence-corrected chi connectivity index (χ2v) is 5.35. The molecular weight excluding hydrogens is 302 g/mol. The van der Waals surface area contributed by atoms with E-state index in [9.17, 15) is 0 Å². The van der Waals surface area contributed by atoms with Gasteiger partial charge >= 0.3 is 0 Å². The molecule has 6 heteroatoms. The summed E-state index contributed by atoms with van der Waals surface area (Å²) in [6.07, 6.45) is 6.33. The first kappa shape index (κ1) is 20.1. The van der Waals surface area contributed by atoms with Gasteiger partial charge in [0.15, 0.2) is 0 Å². The highest BCUT2D eigenvalue weighted by molar-refractivity contribution is 6.04. The van der Waals surface area contributed by atoms with Crippen LogP contribution in [0.2, 0.25) is 0 Å². The van der Waals surface area contributed by atoms with Crippen molar-refractivity contribution in [1.29, 1.82) is 0 Å². The van der Waals surface area contributed by atoms with E-state index in [4.69, 9.17) is 4.74 Å². The van der Waals surface area contributed by atoms with Crippen LogP contribution in [0.5, 0.6) is 0 Å². The Hall–Kier alpha value is -1.92. The van der Waals surface area contributed by atoms with Crippen LogP contribution in [0.15, 0.2) is 28.0 Å². The van der Waals surface area contributed by atoms with Crippen LogP contribution in [-0.4, -0.2) is 49.3 Å². The van der Waals surface area contributed by atoms with Crippen molar-refractivity contribution in [3.63, 3.8) is 0 Å². The molecule has 0 amide bonds. The van der Waals surface area contributed by atoms with E-state index >= 15 is 0 Å². The summed E-state index contributed by atoms with van der Waals surface area (Å²) in [5, 5.41) is 2.94.